The molecule has 0 amide bonds. The summed E-state index contributed by atoms with van der Waals surface area (Å²) in [6, 6.07) is 20.2. The average molecular weight is 311 g/mol. The van der Waals surface area contributed by atoms with Gasteiger partial charge in [-0.05, 0) is 71.2 Å². The van der Waals surface area contributed by atoms with Crippen LogP contribution in [0.1, 0.15) is 33.4 Å². The quantitative estimate of drug-likeness (QED) is 0.639. The summed E-state index contributed by atoms with van der Waals surface area (Å²) in [6.07, 6.45) is 12.5. The van der Waals surface area contributed by atoms with Crippen LogP contribution in [0.2, 0.25) is 0 Å². The molecule has 0 spiro atoms. The Morgan fingerprint density at radius 3 is 2.00 bits per heavy atom. The normalized spacial score (nSPS) is 13.8. The lowest BCUT2D eigenvalue weighted by atomic mass is 9.93. The Labute approximate surface area is 143 Å². The number of hydrogen-bond acceptors (Lipinski definition) is 1. The third-order valence-electron chi connectivity index (χ3n) is 4.78. The van der Waals surface area contributed by atoms with Crippen LogP contribution in [0.4, 0.5) is 0 Å². The van der Waals surface area contributed by atoms with E-state index in [-0.39, 0.29) is 0 Å². The molecular formula is C23H21N. The van der Waals surface area contributed by atoms with Crippen LogP contribution < -0.4 is 0 Å². The van der Waals surface area contributed by atoms with E-state index in [1.165, 1.54) is 33.4 Å². The molecule has 1 nitrogen and oxygen atoms in total. The molecule has 4 bridgehead atoms. The predicted octanol–water partition coefficient (Wildman–Crippen LogP) is 5.14. The molecule has 3 aromatic rings. The first kappa shape index (κ1) is 14.9. The lowest BCUT2D eigenvalue weighted by molar-refractivity contribution is 0.919. The monoisotopic (exact) mass is 311 g/mol. The molecule has 118 valence electrons. The molecule has 0 saturated carbocycles. The van der Waals surface area contributed by atoms with E-state index in [9.17, 15) is 0 Å². The fraction of sp³-hybridized carbons (Fsp3) is 0.174. The lowest BCUT2D eigenvalue weighted by Gasteiger charge is -2.12. The van der Waals surface area contributed by atoms with Gasteiger partial charge in [-0.3, -0.25) is 4.98 Å². The average Bonchev–Trinajstić information content (AvgIpc) is 2.63. The van der Waals surface area contributed by atoms with Crippen LogP contribution in [0.5, 0.6) is 0 Å². The zero-order chi connectivity index (χ0) is 16.2. The first-order valence-corrected chi connectivity index (χ1v) is 8.64. The van der Waals surface area contributed by atoms with Crippen molar-refractivity contribution in [3.63, 3.8) is 0 Å². The Balaban J connectivity index is 1.67. The molecule has 0 N–H and O–H groups in total. The van der Waals surface area contributed by atoms with Crippen molar-refractivity contribution in [3.8, 4) is 0 Å². The van der Waals surface area contributed by atoms with Gasteiger partial charge in [-0.25, -0.2) is 0 Å². The van der Waals surface area contributed by atoms with Crippen LogP contribution in [0.25, 0.3) is 12.2 Å². The Morgan fingerprint density at radius 2 is 1.25 bits per heavy atom. The second-order valence-corrected chi connectivity index (χ2v) is 6.46. The number of nitrogens with zero attached hydrogens (tertiary/aromatic N) is 1. The Kier molecular flexibility index (Phi) is 4.24. The maximum absolute atomic E-state index is 4.08. The van der Waals surface area contributed by atoms with E-state index in [0.29, 0.717) is 0 Å². The molecular weight excluding hydrogens is 290 g/mol. The smallest absolute Gasteiger partial charge is 0.0273 e. The van der Waals surface area contributed by atoms with E-state index in [2.05, 4.69) is 59.6 Å². The Morgan fingerprint density at radius 1 is 0.625 bits per heavy atom. The number of aromatic nitrogens is 1. The molecule has 4 aliphatic rings. The molecule has 4 aliphatic carbocycles. The van der Waals surface area contributed by atoms with Gasteiger partial charge in [0.1, 0.15) is 0 Å². The number of pyridine rings is 1. The van der Waals surface area contributed by atoms with Gasteiger partial charge in [0.25, 0.3) is 0 Å². The summed E-state index contributed by atoms with van der Waals surface area (Å²) < 4.78 is 0. The number of aryl methyl sites for hydroxylation is 4. The summed E-state index contributed by atoms with van der Waals surface area (Å²) >= 11 is 0. The van der Waals surface area contributed by atoms with Crippen LogP contribution in [-0.4, -0.2) is 4.98 Å². The zero-order valence-electron chi connectivity index (χ0n) is 13.8. The Bertz CT molecular complexity index is 845. The van der Waals surface area contributed by atoms with Gasteiger partial charge in [0.05, 0.1) is 0 Å². The van der Waals surface area contributed by atoms with Crippen molar-refractivity contribution in [1.82, 2.24) is 4.98 Å². The van der Waals surface area contributed by atoms with Crippen LogP contribution in [-0.2, 0) is 25.7 Å². The van der Waals surface area contributed by atoms with Crippen molar-refractivity contribution >= 4 is 12.2 Å². The summed E-state index contributed by atoms with van der Waals surface area (Å²) in [4.78, 5) is 4.08. The molecule has 1 heteroatoms. The van der Waals surface area contributed by atoms with Crippen LogP contribution >= 0.6 is 0 Å². The van der Waals surface area contributed by atoms with E-state index in [1.807, 2.05) is 24.5 Å². The fourth-order valence-electron chi connectivity index (χ4n) is 3.28. The molecule has 0 unspecified atom stereocenters. The summed E-state index contributed by atoms with van der Waals surface area (Å²) in [7, 11) is 0. The molecule has 0 saturated heterocycles. The Hall–Kier alpha value is -2.67. The minimum atomic E-state index is 1.08. The standard InChI is InChI=1S/C23H21N/c1-3-19-4-2-18(1)5-6-21-9-11-22(10-7-19)23(17-21)12-8-20-13-15-24-16-14-20/h1-4,8-9,11-17H,5-7,10H2/b12-8+. The van der Waals surface area contributed by atoms with E-state index in [4.69, 9.17) is 0 Å². The predicted molar refractivity (Wildman–Crippen MR) is 101 cm³/mol. The van der Waals surface area contributed by atoms with Gasteiger partial charge in [0, 0.05) is 12.4 Å². The molecule has 0 fully saturated rings. The van der Waals surface area contributed by atoms with Crippen molar-refractivity contribution in [2.45, 2.75) is 25.7 Å². The van der Waals surface area contributed by atoms with Gasteiger partial charge < -0.3 is 0 Å². The van der Waals surface area contributed by atoms with Gasteiger partial charge in [-0.15, -0.1) is 0 Å². The minimum absolute atomic E-state index is 1.08. The number of hydrogen-bond donors (Lipinski definition) is 0. The third-order valence-corrected chi connectivity index (χ3v) is 4.78. The van der Waals surface area contributed by atoms with Crippen molar-refractivity contribution in [3.05, 3.63) is 100 Å². The molecule has 7 rings (SSSR count). The first-order chi connectivity index (χ1) is 11.9. The van der Waals surface area contributed by atoms with Gasteiger partial charge >= 0.3 is 0 Å². The first-order valence-electron chi connectivity index (χ1n) is 8.64. The molecule has 0 radical (unpaired) electrons. The van der Waals surface area contributed by atoms with Crippen LogP contribution in [0, 0.1) is 0 Å². The molecule has 1 aromatic heterocycles. The molecule has 0 atom stereocenters. The van der Waals surface area contributed by atoms with Crippen molar-refractivity contribution in [1.29, 1.82) is 0 Å². The highest BCUT2D eigenvalue weighted by Crippen LogP contribution is 2.21. The fourth-order valence-corrected chi connectivity index (χ4v) is 3.28. The highest BCUT2D eigenvalue weighted by molar-refractivity contribution is 5.71. The maximum atomic E-state index is 4.08. The van der Waals surface area contributed by atoms with Crippen molar-refractivity contribution in [2.24, 2.45) is 0 Å². The highest BCUT2D eigenvalue weighted by atomic mass is 14.6. The van der Waals surface area contributed by atoms with Gasteiger partial charge in [-0.2, -0.15) is 0 Å². The topological polar surface area (TPSA) is 12.9 Å². The van der Waals surface area contributed by atoms with E-state index in [0.717, 1.165) is 25.7 Å². The van der Waals surface area contributed by atoms with Crippen molar-refractivity contribution < 1.29 is 0 Å². The van der Waals surface area contributed by atoms with E-state index >= 15 is 0 Å². The van der Waals surface area contributed by atoms with Crippen LogP contribution in [0.15, 0.2) is 67.0 Å². The highest BCUT2D eigenvalue weighted by Gasteiger charge is 2.06. The molecule has 24 heavy (non-hydrogen) atoms. The van der Waals surface area contributed by atoms with E-state index < -0.39 is 0 Å². The maximum Gasteiger partial charge on any atom is 0.0273 e. The van der Waals surface area contributed by atoms with Gasteiger partial charge in [0.15, 0.2) is 0 Å². The second-order valence-electron chi connectivity index (χ2n) is 6.46. The third kappa shape index (κ3) is 3.46. The summed E-state index contributed by atoms with van der Waals surface area (Å²) in [5.41, 5.74) is 8.23. The summed E-state index contributed by atoms with van der Waals surface area (Å²) in [6.45, 7) is 0. The summed E-state index contributed by atoms with van der Waals surface area (Å²) in [5.74, 6) is 0. The van der Waals surface area contributed by atoms with Crippen molar-refractivity contribution in [2.75, 3.05) is 0 Å². The lowest BCUT2D eigenvalue weighted by Crippen LogP contribution is -2.00. The minimum Gasteiger partial charge on any atom is -0.265 e. The summed E-state index contributed by atoms with van der Waals surface area (Å²) in [5, 5.41) is 0. The van der Waals surface area contributed by atoms with Gasteiger partial charge in [0.2, 0.25) is 0 Å². The second kappa shape index (κ2) is 6.84. The molecule has 2 aromatic carbocycles. The van der Waals surface area contributed by atoms with E-state index in [1.54, 1.807) is 0 Å². The molecule has 1 heterocycles. The number of benzene rings is 2. The number of rotatable bonds is 2. The van der Waals surface area contributed by atoms with Crippen LogP contribution in [0.3, 0.4) is 0 Å². The zero-order valence-corrected chi connectivity index (χ0v) is 13.8. The van der Waals surface area contributed by atoms with Gasteiger partial charge in [-0.1, -0.05) is 54.6 Å². The molecule has 0 aliphatic heterocycles. The largest absolute Gasteiger partial charge is 0.265 e. The SMILES string of the molecule is C(=C\c1cc2ccc1CCc1ccc(cc1)CC2)/c1ccncc1.